The van der Waals surface area contributed by atoms with E-state index < -0.39 is 0 Å². The van der Waals surface area contributed by atoms with Gasteiger partial charge in [0.15, 0.2) is 0 Å². The maximum atomic E-state index is 12.8. The lowest BCUT2D eigenvalue weighted by atomic mass is 9.95. The number of carbonyl (C=O) groups excluding carboxylic acids is 2. The number of carbonyl (C=O) groups is 2. The normalized spacial score (nSPS) is 15.5. The lowest BCUT2D eigenvalue weighted by Crippen LogP contribution is -2.45. The molecule has 0 unspecified atom stereocenters. The molecule has 1 aromatic rings. The van der Waals surface area contributed by atoms with E-state index in [1.165, 1.54) is 5.56 Å². The Morgan fingerprint density at radius 1 is 1.17 bits per heavy atom. The summed E-state index contributed by atoms with van der Waals surface area (Å²) in [4.78, 5) is 27.8. The zero-order valence-corrected chi connectivity index (χ0v) is 13.9. The third-order valence-corrected chi connectivity index (χ3v) is 4.51. The van der Waals surface area contributed by atoms with Crippen molar-refractivity contribution >= 4 is 11.8 Å². The van der Waals surface area contributed by atoms with Crippen LogP contribution >= 0.6 is 0 Å². The molecule has 2 N–H and O–H groups in total. The topological polar surface area (TPSA) is 66.6 Å². The first-order valence-electron chi connectivity index (χ1n) is 8.40. The summed E-state index contributed by atoms with van der Waals surface area (Å²) >= 11 is 0. The third-order valence-electron chi connectivity index (χ3n) is 4.51. The zero-order valence-electron chi connectivity index (χ0n) is 13.9. The summed E-state index contributed by atoms with van der Waals surface area (Å²) < 4.78 is 0. The molecule has 1 saturated heterocycles. The molecule has 1 aliphatic rings. The van der Waals surface area contributed by atoms with E-state index in [0.29, 0.717) is 32.7 Å². The number of hydrogen-bond donors (Lipinski definition) is 1. The molecule has 1 aliphatic heterocycles. The molecule has 5 heteroatoms. The lowest BCUT2D eigenvalue weighted by molar-refractivity contribution is -0.140. The van der Waals surface area contributed by atoms with Crippen LogP contribution < -0.4 is 5.73 Å². The van der Waals surface area contributed by atoms with Crippen LogP contribution in [0.3, 0.4) is 0 Å². The van der Waals surface area contributed by atoms with Gasteiger partial charge in [-0.2, -0.15) is 0 Å². The molecule has 126 valence electrons. The van der Waals surface area contributed by atoms with Crippen molar-refractivity contribution in [2.75, 3.05) is 32.7 Å². The standard InChI is InChI=1S/C18H27N3O2/c1-15(22)20-12-8-17(9-13-20)18(23)21(14-10-19)11-7-16-5-3-2-4-6-16/h2-6,17H,7-14,19H2,1H3. The summed E-state index contributed by atoms with van der Waals surface area (Å²) in [6.07, 6.45) is 2.36. The second-order valence-electron chi connectivity index (χ2n) is 6.13. The van der Waals surface area contributed by atoms with Crippen LogP contribution in [-0.2, 0) is 16.0 Å². The number of rotatable bonds is 6. The summed E-state index contributed by atoms with van der Waals surface area (Å²) in [6, 6.07) is 10.2. The molecule has 0 saturated carbocycles. The highest BCUT2D eigenvalue weighted by Gasteiger charge is 2.28. The molecular weight excluding hydrogens is 290 g/mol. The minimum atomic E-state index is 0.0212. The van der Waals surface area contributed by atoms with Crippen molar-refractivity contribution in [3.63, 3.8) is 0 Å². The minimum Gasteiger partial charge on any atom is -0.343 e. The molecule has 23 heavy (non-hydrogen) atoms. The number of piperidine rings is 1. The Morgan fingerprint density at radius 2 is 1.83 bits per heavy atom. The Balaban J connectivity index is 1.89. The Kier molecular flexibility index (Phi) is 6.59. The van der Waals surface area contributed by atoms with Gasteiger partial charge < -0.3 is 15.5 Å². The van der Waals surface area contributed by atoms with E-state index in [1.807, 2.05) is 28.0 Å². The molecule has 1 aromatic carbocycles. The Hall–Kier alpha value is -1.88. The van der Waals surface area contributed by atoms with Crippen LogP contribution in [0.4, 0.5) is 0 Å². The first-order chi connectivity index (χ1) is 11.1. The van der Waals surface area contributed by atoms with Crippen LogP contribution in [0.2, 0.25) is 0 Å². The molecule has 0 bridgehead atoms. The van der Waals surface area contributed by atoms with Gasteiger partial charge in [0, 0.05) is 45.6 Å². The van der Waals surface area contributed by atoms with Gasteiger partial charge in [-0.1, -0.05) is 30.3 Å². The molecule has 0 atom stereocenters. The maximum Gasteiger partial charge on any atom is 0.225 e. The minimum absolute atomic E-state index is 0.0212. The summed E-state index contributed by atoms with van der Waals surface area (Å²) in [5, 5.41) is 0. The first kappa shape index (κ1) is 17.5. The number of hydrogen-bond acceptors (Lipinski definition) is 3. The van der Waals surface area contributed by atoms with Crippen molar-refractivity contribution in [1.82, 2.24) is 9.80 Å². The molecule has 2 rings (SSSR count). The van der Waals surface area contributed by atoms with Crippen LogP contribution in [0.5, 0.6) is 0 Å². The van der Waals surface area contributed by atoms with E-state index in [2.05, 4.69) is 12.1 Å². The second-order valence-corrected chi connectivity index (χ2v) is 6.13. The molecule has 2 amide bonds. The van der Waals surface area contributed by atoms with E-state index in [-0.39, 0.29) is 17.7 Å². The number of nitrogens with zero attached hydrogens (tertiary/aromatic N) is 2. The van der Waals surface area contributed by atoms with E-state index >= 15 is 0 Å². The second kappa shape index (κ2) is 8.67. The van der Waals surface area contributed by atoms with E-state index in [1.54, 1.807) is 6.92 Å². The highest BCUT2D eigenvalue weighted by Crippen LogP contribution is 2.20. The number of likely N-dealkylation sites (tertiary alicyclic amines) is 1. The highest BCUT2D eigenvalue weighted by molar-refractivity contribution is 5.79. The SMILES string of the molecule is CC(=O)N1CCC(C(=O)N(CCN)CCc2ccccc2)CC1. The van der Waals surface area contributed by atoms with Gasteiger partial charge in [0.05, 0.1) is 0 Å². The number of amides is 2. The van der Waals surface area contributed by atoms with E-state index in [9.17, 15) is 9.59 Å². The average molecular weight is 317 g/mol. The average Bonchev–Trinajstić information content (AvgIpc) is 2.59. The molecule has 0 spiro atoms. The fourth-order valence-electron chi connectivity index (χ4n) is 3.10. The molecule has 1 fully saturated rings. The van der Waals surface area contributed by atoms with Crippen LogP contribution in [0.25, 0.3) is 0 Å². The molecule has 0 aliphatic carbocycles. The third kappa shape index (κ3) is 5.06. The Labute approximate surface area is 138 Å². The van der Waals surface area contributed by atoms with Gasteiger partial charge in [-0.25, -0.2) is 0 Å². The quantitative estimate of drug-likeness (QED) is 0.859. The smallest absolute Gasteiger partial charge is 0.225 e. The lowest BCUT2D eigenvalue weighted by Gasteiger charge is -2.33. The zero-order chi connectivity index (χ0) is 16.7. The molecule has 5 nitrogen and oxygen atoms in total. The van der Waals surface area contributed by atoms with Gasteiger partial charge in [0.2, 0.25) is 11.8 Å². The Bertz CT molecular complexity index is 510. The van der Waals surface area contributed by atoms with Crippen molar-refractivity contribution in [3.8, 4) is 0 Å². The van der Waals surface area contributed by atoms with Crippen molar-refractivity contribution in [2.24, 2.45) is 11.7 Å². The molecule has 0 radical (unpaired) electrons. The molecule has 1 heterocycles. The predicted octanol–water partition coefficient (Wildman–Crippen LogP) is 1.27. The largest absolute Gasteiger partial charge is 0.343 e. The van der Waals surface area contributed by atoms with Gasteiger partial charge in [-0.3, -0.25) is 9.59 Å². The van der Waals surface area contributed by atoms with Gasteiger partial charge in [-0.05, 0) is 24.8 Å². The van der Waals surface area contributed by atoms with Gasteiger partial charge in [0.1, 0.15) is 0 Å². The fraction of sp³-hybridized carbons (Fsp3) is 0.556. The van der Waals surface area contributed by atoms with Gasteiger partial charge >= 0.3 is 0 Å². The molecule has 0 aromatic heterocycles. The number of nitrogens with two attached hydrogens (primary N) is 1. The van der Waals surface area contributed by atoms with Crippen molar-refractivity contribution < 1.29 is 9.59 Å². The predicted molar refractivity (Wildman–Crippen MR) is 90.8 cm³/mol. The summed E-state index contributed by atoms with van der Waals surface area (Å²) in [7, 11) is 0. The summed E-state index contributed by atoms with van der Waals surface area (Å²) in [5.41, 5.74) is 6.91. The fourth-order valence-corrected chi connectivity index (χ4v) is 3.10. The Morgan fingerprint density at radius 3 is 2.39 bits per heavy atom. The summed E-state index contributed by atoms with van der Waals surface area (Å²) in [6.45, 7) is 4.73. The van der Waals surface area contributed by atoms with Crippen molar-refractivity contribution in [2.45, 2.75) is 26.2 Å². The molecular formula is C18H27N3O2. The highest BCUT2D eigenvalue weighted by atomic mass is 16.2. The van der Waals surface area contributed by atoms with Crippen LogP contribution in [0, 0.1) is 5.92 Å². The van der Waals surface area contributed by atoms with Crippen molar-refractivity contribution in [3.05, 3.63) is 35.9 Å². The maximum absolute atomic E-state index is 12.8. The van der Waals surface area contributed by atoms with Crippen LogP contribution in [-0.4, -0.2) is 54.3 Å². The van der Waals surface area contributed by atoms with Crippen LogP contribution in [0.15, 0.2) is 30.3 Å². The van der Waals surface area contributed by atoms with Crippen LogP contribution in [0.1, 0.15) is 25.3 Å². The first-order valence-corrected chi connectivity index (χ1v) is 8.40. The number of benzene rings is 1. The van der Waals surface area contributed by atoms with E-state index in [0.717, 1.165) is 19.3 Å². The monoisotopic (exact) mass is 317 g/mol. The van der Waals surface area contributed by atoms with E-state index in [4.69, 9.17) is 5.73 Å². The van der Waals surface area contributed by atoms with Gasteiger partial charge in [-0.15, -0.1) is 0 Å². The summed E-state index contributed by atoms with van der Waals surface area (Å²) in [5.74, 6) is 0.307. The van der Waals surface area contributed by atoms with Gasteiger partial charge in [0.25, 0.3) is 0 Å². The van der Waals surface area contributed by atoms with Crippen molar-refractivity contribution in [1.29, 1.82) is 0 Å².